The topological polar surface area (TPSA) is 64.3 Å². The van der Waals surface area contributed by atoms with E-state index in [-0.39, 0.29) is 24.9 Å². The van der Waals surface area contributed by atoms with Crippen LogP contribution in [0.2, 0.25) is 5.02 Å². The highest BCUT2D eigenvalue weighted by Crippen LogP contribution is 2.20. The first-order valence-corrected chi connectivity index (χ1v) is 5.87. The molecule has 0 bridgehead atoms. The lowest BCUT2D eigenvalue weighted by atomic mass is 10.2. The van der Waals surface area contributed by atoms with Crippen LogP contribution in [0, 0.1) is 6.92 Å². The van der Waals surface area contributed by atoms with Crippen molar-refractivity contribution in [3.8, 4) is 5.75 Å². The summed E-state index contributed by atoms with van der Waals surface area (Å²) in [6.45, 7) is 3.04. The minimum Gasteiger partial charge on any atom is -0.484 e. The summed E-state index contributed by atoms with van der Waals surface area (Å²) in [6.07, 6.45) is 0.770. The fourth-order valence-electron chi connectivity index (χ4n) is 1.24. The Labute approximate surface area is 118 Å². The van der Waals surface area contributed by atoms with Crippen LogP contribution in [0.1, 0.15) is 12.0 Å². The number of nitrogens with one attached hydrogen (secondary N) is 1. The first-order valence-electron chi connectivity index (χ1n) is 5.49. The predicted molar refractivity (Wildman–Crippen MR) is 75.6 cm³/mol. The summed E-state index contributed by atoms with van der Waals surface area (Å²) in [4.78, 5) is 11.3. The van der Waals surface area contributed by atoms with E-state index >= 15 is 0 Å². The Morgan fingerprint density at radius 2 is 2.22 bits per heavy atom. The molecule has 0 atom stereocenters. The van der Waals surface area contributed by atoms with Crippen molar-refractivity contribution < 1.29 is 9.53 Å². The highest BCUT2D eigenvalue weighted by Gasteiger charge is 2.03. The zero-order chi connectivity index (χ0) is 12.7. The molecule has 3 N–H and O–H groups in total. The van der Waals surface area contributed by atoms with E-state index in [9.17, 15) is 4.79 Å². The number of carbonyl (C=O) groups is 1. The highest BCUT2D eigenvalue weighted by molar-refractivity contribution is 6.31. The van der Waals surface area contributed by atoms with Crippen LogP contribution in [0.25, 0.3) is 0 Å². The van der Waals surface area contributed by atoms with Crippen molar-refractivity contribution in [2.75, 3.05) is 19.7 Å². The van der Waals surface area contributed by atoms with E-state index < -0.39 is 0 Å². The van der Waals surface area contributed by atoms with Crippen LogP contribution < -0.4 is 15.8 Å². The van der Waals surface area contributed by atoms with Crippen LogP contribution in [0.5, 0.6) is 5.75 Å². The minimum atomic E-state index is -0.147. The van der Waals surface area contributed by atoms with Gasteiger partial charge in [-0.15, -0.1) is 12.4 Å². The van der Waals surface area contributed by atoms with Crippen LogP contribution >= 0.6 is 24.0 Å². The molecule has 1 amide bonds. The van der Waals surface area contributed by atoms with E-state index in [0.29, 0.717) is 23.9 Å². The molecule has 1 aromatic carbocycles. The summed E-state index contributed by atoms with van der Waals surface area (Å²) in [7, 11) is 0. The second-order valence-corrected chi connectivity index (χ2v) is 4.10. The summed E-state index contributed by atoms with van der Waals surface area (Å²) in [5.41, 5.74) is 6.24. The molecule has 0 aliphatic heterocycles. The number of aryl methyl sites for hydroxylation is 1. The van der Waals surface area contributed by atoms with Gasteiger partial charge in [0.15, 0.2) is 6.61 Å². The first-order chi connectivity index (χ1) is 8.13. The standard InChI is InChI=1S/C12H17ClN2O2.ClH/c1-9-7-10(3-4-11(9)13)17-8-12(16)15-6-2-5-14;/h3-4,7H,2,5-6,8,14H2,1H3,(H,15,16);1H. The largest absolute Gasteiger partial charge is 0.484 e. The molecule has 0 radical (unpaired) electrons. The van der Waals surface area contributed by atoms with Gasteiger partial charge in [0.2, 0.25) is 0 Å². The van der Waals surface area contributed by atoms with Crippen molar-refractivity contribution >= 4 is 29.9 Å². The van der Waals surface area contributed by atoms with E-state index in [1.807, 2.05) is 6.92 Å². The summed E-state index contributed by atoms with van der Waals surface area (Å²) in [5, 5.41) is 3.39. The van der Waals surface area contributed by atoms with Gasteiger partial charge in [-0.3, -0.25) is 4.79 Å². The Morgan fingerprint density at radius 1 is 1.50 bits per heavy atom. The molecule has 102 valence electrons. The number of amides is 1. The normalized spacial score (nSPS) is 9.50. The second-order valence-electron chi connectivity index (χ2n) is 3.69. The Kier molecular flexibility index (Phi) is 8.54. The van der Waals surface area contributed by atoms with Gasteiger partial charge in [-0.05, 0) is 43.7 Å². The first kappa shape index (κ1) is 17.0. The van der Waals surface area contributed by atoms with Gasteiger partial charge >= 0.3 is 0 Å². The zero-order valence-electron chi connectivity index (χ0n) is 10.2. The molecule has 0 aliphatic rings. The number of benzene rings is 1. The minimum absolute atomic E-state index is 0. The average Bonchev–Trinajstić information content (AvgIpc) is 2.31. The van der Waals surface area contributed by atoms with Gasteiger partial charge in [-0.1, -0.05) is 11.6 Å². The van der Waals surface area contributed by atoms with Crippen LogP contribution in [-0.4, -0.2) is 25.6 Å². The number of ether oxygens (including phenoxy) is 1. The van der Waals surface area contributed by atoms with E-state index in [2.05, 4.69) is 5.32 Å². The van der Waals surface area contributed by atoms with E-state index in [0.717, 1.165) is 12.0 Å². The summed E-state index contributed by atoms with van der Waals surface area (Å²) in [5.74, 6) is 0.493. The van der Waals surface area contributed by atoms with Gasteiger partial charge in [-0.25, -0.2) is 0 Å². The lowest BCUT2D eigenvalue weighted by Crippen LogP contribution is -2.30. The number of halogens is 2. The quantitative estimate of drug-likeness (QED) is 0.788. The van der Waals surface area contributed by atoms with Crippen LogP contribution in [0.4, 0.5) is 0 Å². The Bertz CT molecular complexity index is 386. The maximum absolute atomic E-state index is 11.3. The molecule has 0 fully saturated rings. The van der Waals surface area contributed by atoms with Crippen molar-refractivity contribution in [2.24, 2.45) is 5.73 Å². The van der Waals surface area contributed by atoms with Gasteiger partial charge in [0, 0.05) is 11.6 Å². The van der Waals surface area contributed by atoms with Crippen molar-refractivity contribution in [1.82, 2.24) is 5.32 Å². The monoisotopic (exact) mass is 292 g/mol. The fourth-order valence-corrected chi connectivity index (χ4v) is 1.35. The Balaban J connectivity index is 0.00000289. The Hall–Kier alpha value is -0.970. The van der Waals surface area contributed by atoms with Gasteiger partial charge in [0.25, 0.3) is 5.91 Å². The molecule has 1 aromatic rings. The third-order valence-corrected chi connectivity index (χ3v) is 2.63. The molecule has 6 heteroatoms. The van der Waals surface area contributed by atoms with Gasteiger partial charge in [-0.2, -0.15) is 0 Å². The van der Waals surface area contributed by atoms with E-state index in [4.69, 9.17) is 22.1 Å². The van der Waals surface area contributed by atoms with Crippen LogP contribution in [0.15, 0.2) is 18.2 Å². The lowest BCUT2D eigenvalue weighted by molar-refractivity contribution is -0.123. The third kappa shape index (κ3) is 6.10. The lowest BCUT2D eigenvalue weighted by Gasteiger charge is -2.08. The molecule has 18 heavy (non-hydrogen) atoms. The van der Waals surface area contributed by atoms with E-state index in [1.54, 1.807) is 18.2 Å². The molecule has 0 spiro atoms. The molecule has 0 saturated heterocycles. The fraction of sp³-hybridized carbons (Fsp3) is 0.417. The van der Waals surface area contributed by atoms with Gasteiger partial charge < -0.3 is 15.8 Å². The smallest absolute Gasteiger partial charge is 0.257 e. The molecular formula is C12H18Cl2N2O2. The van der Waals surface area contributed by atoms with Crippen molar-refractivity contribution in [2.45, 2.75) is 13.3 Å². The zero-order valence-corrected chi connectivity index (χ0v) is 11.8. The van der Waals surface area contributed by atoms with Crippen LogP contribution in [-0.2, 0) is 4.79 Å². The molecule has 0 aromatic heterocycles. The van der Waals surface area contributed by atoms with Gasteiger partial charge in [0.05, 0.1) is 0 Å². The molecular weight excluding hydrogens is 275 g/mol. The molecule has 0 unspecified atom stereocenters. The SMILES string of the molecule is Cc1cc(OCC(=O)NCCCN)ccc1Cl.Cl. The summed E-state index contributed by atoms with van der Waals surface area (Å²) >= 11 is 5.88. The Morgan fingerprint density at radius 3 is 2.83 bits per heavy atom. The van der Waals surface area contributed by atoms with Gasteiger partial charge in [0.1, 0.15) is 5.75 Å². The maximum Gasteiger partial charge on any atom is 0.257 e. The number of hydrogen-bond acceptors (Lipinski definition) is 3. The predicted octanol–water partition coefficient (Wildman–Crippen LogP) is 1.91. The van der Waals surface area contributed by atoms with Crippen LogP contribution in [0.3, 0.4) is 0 Å². The van der Waals surface area contributed by atoms with Crippen molar-refractivity contribution in [3.05, 3.63) is 28.8 Å². The summed E-state index contributed by atoms with van der Waals surface area (Å²) in [6, 6.07) is 5.29. The van der Waals surface area contributed by atoms with Crippen molar-refractivity contribution in [3.63, 3.8) is 0 Å². The maximum atomic E-state index is 11.3. The molecule has 0 heterocycles. The molecule has 0 aliphatic carbocycles. The number of carbonyl (C=O) groups excluding carboxylic acids is 1. The average molecular weight is 293 g/mol. The van der Waals surface area contributed by atoms with E-state index in [1.165, 1.54) is 0 Å². The number of nitrogens with two attached hydrogens (primary N) is 1. The van der Waals surface area contributed by atoms with Crippen molar-refractivity contribution in [1.29, 1.82) is 0 Å². The molecule has 0 saturated carbocycles. The number of hydrogen-bond donors (Lipinski definition) is 2. The molecule has 4 nitrogen and oxygen atoms in total. The summed E-state index contributed by atoms with van der Waals surface area (Å²) < 4.78 is 5.33. The number of rotatable bonds is 6. The highest BCUT2D eigenvalue weighted by atomic mass is 35.5. The third-order valence-electron chi connectivity index (χ3n) is 2.20. The molecule has 1 rings (SSSR count). The second kappa shape index (κ2) is 9.03.